The van der Waals surface area contributed by atoms with Crippen molar-refractivity contribution in [1.29, 1.82) is 0 Å². The van der Waals surface area contributed by atoms with E-state index in [1.807, 2.05) is 36.4 Å². The van der Waals surface area contributed by atoms with Gasteiger partial charge in [0, 0.05) is 11.5 Å². The Morgan fingerprint density at radius 1 is 1.15 bits per heavy atom. The minimum atomic E-state index is -0.675. The normalized spacial score (nSPS) is 11.6. The lowest BCUT2D eigenvalue weighted by Gasteiger charge is -2.19. The average Bonchev–Trinajstić information content (AvgIpc) is 3.21. The average molecular weight is 352 g/mol. The second kappa shape index (κ2) is 8.11. The number of anilines is 1. The highest BCUT2D eigenvalue weighted by molar-refractivity contribution is 5.95. The molecule has 1 N–H and O–H groups in total. The highest BCUT2D eigenvalue weighted by Gasteiger charge is 2.23. The van der Waals surface area contributed by atoms with Crippen LogP contribution < -0.4 is 19.9 Å². The molecule has 0 unspecified atom stereocenters. The first-order valence-electron chi connectivity index (χ1n) is 7.96. The van der Waals surface area contributed by atoms with Crippen LogP contribution in [0.15, 0.2) is 48.5 Å². The van der Waals surface area contributed by atoms with Gasteiger partial charge in [-0.3, -0.25) is 15.1 Å². The van der Waals surface area contributed by atoms with E-state index in [0.29, 0.717) is 23.6 Å². The number of amides is 1. The molecule has 1 atom stereocenters. The van der Waals surface area contributed by atoms with E-state index in [1.165, 1.54) is 0 Å². The second-order valence-electron chi connectivity index (χ2n) is 5.53. The Bertz CT molecular complexity index is 853. The number of tetrazole rings is 1. The minimum Gasteiger partial charge on any atom is -0.497 e. The molecular formula is C18H18N5O3-. The fourth-order valence-corrected chi connectivity index (χ4v) is 2.60. The summed E-state index contributed by atoms with van der Waals surface area (Å²) in [5, 5.41) is 17.6. The number of nitrogens with zero attached hydrogens (tertiary/aromatic N) is 4. The molecule has 134 valence electrons. The SMILES string of the molecule is COc1ccc(OC)c(C[C@@H](C(=O)Nc2ccccc2)c2nnn[n-]2)c1. The van der Waals surface area contributed by atoms with E-state index in [9.17, 15) is 4.79 Å². The number of hydrogen-bond acceptors (Lipinski definition) is 6. The molecule has 3 aromatic rings. The van der Waals surface area contributed by atoms with Crippen molar-refractivity contribution in [3.05, 3.63) is 59.9 Å². The maximum atomic E-state index is 12.9. The fraction of sp³-hybridized carbons (Fsp3) is 0.222. The Kier molecular flexibility index (Phi) is 5.43. The summed E-state index contributed by atoms with van der Waals surface area (Å²) in [7, 11) is 3.16. The summed E-state index contributed by atoms with van der Waals surface area (Å²) in [6.07, 6.45) is 0.312. The van der Waals surface area contributed by atoms with Crippen LogP contribution in [0.1, 0.15) is 17.3 Å². The molecule has 0 bridgehead atoms. The number of carbonyl (C=O) groups excluding carboxylic acids is 1. The van der Waals surface area contributed by atoms with E-state index in [-0.39, 0.29) is 11.7 Å². The summed E-state index contributed by atoms with van der Waals surface area (Å²) in [5.74, 6) is 0.642. The van der Waals surface area contributed by atoms with Crippen LogP contribution in [0.5, 0.6) is 11.5 Å². The van der Waals surface area contributed by atoms with Gasteiger partial charge in [-0.25, -0.2) is 0 Å². The first-order chi connectivity index (χ1) is 12.7. The van der Waals surface area contributed by atoms with E-state index in [1.54, 1.807) is 26.4 Å². The Morgan fingerprint density at radius 2 is 1.96 bits per heavy atom. The molecule has 3 rings (SSSR count). The first-order valence-corrected chi connectivity index (χ1v) is 7.96. The number of hydrogen-bond donors (Lipinski definition) is 1. The van der Waals surface area contributed by atoms with Crippen molar-refractivity contribution >= 4 is 11.6 Å². The molecular weight excluding hydrogens is 334 g/mol. The molecule has 8 nitrogen and oxygen atoms in total. The smallest absolute Gasteiger partial charge is 0.232 e. The van der Waals surface area contributed by atoms with Crippen LogP contribution in [0, 0.1) is 0 Å². The summed E-state index contributed by atoms with van der Waals surface area (Å²) in [5.41, 5.74) is 1.48. The summed E-state index contributed by atoms with van der Waals surface area (Å²) in [6, 6.07) is 14.6. The molecule has 8 heteroatoms. The van der Waals surface area contributed by atoms with Crippen molar-refractivity contribution in [2.75, 3.05) is 19.5 Å². The third kappa shape index (κ3) is 3.97. The number of nitrogens with one attached hydrogen (secondary N) is 1. The maximum absolute atomic E-state index is 12.9. The third-order valence-electron chi connectivity index (χ3n) is 3.92. The van der Waals surface area contributed by atoms with Gasteiger partial charge in [-0.1, -0.05) is 18.2 Å². The van der Waals surface area contributed by atoms with Crippen molar-refractivity contribution in [3.63, 3.8) is 0 Å². The Hall–Kier alpha value is -3.42. The molecule has 0 spiro atoms. The van der Waals surface area contributed by atoms with E-state index in [4.69, 9.17) is 9.47 Å². The standard InChI is InChI=1S/C18H19N5O3/c1-25-14-8-9-16(26-2)12(10-14)11-15(17-20-22-23-21-17)18(24)19-13-6-4-3-5-7-13/h3-10,15H,11H2,1-2H3,(H2,19,20,21,22,23,24)/p-1/t15-/m1/s1. The molecule has 0 saturated heterocycles. The molecule has 1 heterocycles. The van der Waals surface area contributed by atoms with E-state index in [2.05, 4.69) is 25.9 Å². The Balaban J connectivity index is 1.89. The summed E-state index contributed by atoms with van der Waals surface area (Å²) >= 11 is 0. The molecule has 0 aliphatic carbocycles. The maximum Gasteiger partial charge on any atom is 0.232 e. The predicted molar refractivity (Wildman–Crippen MR) is 94.2 cm³/mol. The van der Waals surface area contributed by atoms with Crippen LogP contribution in [-0.2, 0) is 11.2 Å². The van der Waals surface area contributed by atoms with Crippen LogP contribution in [-0.4, -0.2) is 35.7 Å². The molecule has 0 radical (unpaired) electrons. The highest BCUT2D eigenvalue weighted by Crippen LogP contribution is 2.29. The largest absolute Gasteiger partial charge is 0.497 e. The molecule has 0 aliphatic rings. The monoisotopic (exact) mass is 352 g/mol. The predicted octanol–water partition coefficient (Wildman–Crippen LogP) is 1.81. The van der Waals surface area contributed by atoms with Crippen LogP contribution >= 0.6 is 0 Å². The quantitative estimate of drug-likeness (QED) is 0.692. The van der Waals surface area contributed by atoms with Crippen molar-refractivity contribution in [2.45, 2.75) is 12.3 Å². The number of carbonyl (C=O) groups is 1. The van der Waals surface area contributed by atoms with Crippen molar-refractivity contribution in [2.24, 2.45) is 0 Å². The molecule has 26 heavy (non-hydrogen) atoms. The van der Waals surface area contributed by atoms with Crippen molar-refractivity contribution in [1.82, 2.24) is 20.6 Å². The van der Waals surface area contributed by atoms with Crippen LogP contribution in [0.3, 0.4) is 0 Å². The van der Waals surface area contributed by atoms with Gasteiger partial charge in [0.15, 0.2) is 0 Å². The number of para-hydroxylation sites is 1. The van der Waals surface area contributed by atoms with E-state index in [0.717, 1.165) is 5.56 Å². The van der Waals surface area contributed by atoms with Gasteiger partial charge in [-0.2, -0.15) is 5.21 Å². The zero-order chi connectivity index (χ0) is 18.4. The zero-order valence-electron chi connectivity index (χ0n) is 14.4. The van der Waals surface area contributed by atoms with Crippen molar-refractivity contribution in [3.8, 4) is 11.5 Å². The number of aromatic nitrogens is 4. The zero-order valence-corrected chi connectivity index (χ0v) is 14.4. The first kappa shape index (κ1) is 17.4. The lowest BCUT2D eigenvalue weighted by atomic mass is 9.96. The van der Waals surface area contributed by atoms with Gasteiger partial charge in [0.1, 0.15) is 11.5 Å². The highest BCUT2D eigenvalue weighted by atomic mass is 16.5. The summed E-state index contributed by atoms with van der Waals surface area (Å²) in [4.78, 5) is 12.9. The lowest BCUT2D eigenvalue weighted by Crippen LogP contribution is -2.24. The topological polar surface area (TPSA) is 100 Å². The van der Waals surface area contributed by atoms with E-state index < -0.39 is 5.92 Å². The van der Waals surface area contributed by atoms with Crippen molar-refractivity contribution < 1.29 is 14.3 Å². The third-order valence-corrected chi connectivity index (χ3v) is 3.92. The van der Waals surface area contributed by atoms with Gasteiger partial charge < -0.3 is 19.9 Å². The van der Waals surface area contributed by atoms with Gasteiger partial charge in [0.2, 0.25) is 5.91 Å². The number of rotatable bonds is 7. The lowest BCUT2D eigenvalue weighted by molar-refractivity contribution is -0.117. The summed E-state index contributed by atoms with van der Waals surface area (Å²) < 4.78 is 10.7. The van der Waals surface area contributed by atoms with E-state index >= 15 is 0 Å². The number of ether oxygens (including phenoxy) is 2. The molecule has 0 saturated carbocycles. The van der Waals surface area contributed by atoms with Gasteiger partial charge in [-0.05, 0) is 42.3 Å². The van der Waals surface area contributed by atoms with Gasteiger partial charge in [-0.15, -0.1) is 0 Å². The minimum absolute atomic E-state index is 0.253. The van der Waals surface area contributed by atoms with Crippen LogP contribution in [0.4, 0.5) is 5.69 Å². The van der Waals surface area contributed by atoms with Crippen LogP contribution in [0.2, 0.25) is 0 Å². The van der Waals surface area contributed by atoms with Gasteiger partial charge >= 0.3 is 0 Å². The number of methoxy groups -OCH3 is 2. The molecule has 1 aromatic heterocycles. The number of benzene rings is 2. The molecule has 2 aromatic carbocycles. The van der Waals surface area contributed by atoms with Crippen LogP contribution in [0.25, 0.3) is 0 Å². The molecule has 0 aliphatic heterocycles. The second-order valence-corrected chi connectivity index (χ2v) is 5.53. The van der Waals surface area contributed by atoms with Gasteiger partial charge in [0.25, 0.3) is 0 Å². The molecule has 1 amide bonds. The van der Waals surface area contributed by atoms with Gasteiger partial charge in [0.05, 0.1) is 20.1 Å². The Morgan fingerprint density at radius 3 is 2.62 bits per heavy atom. The molecule has 0 fully saturated rings. The summed E-state index contributed by atoms with van der Waals surface area (Å²) in [6.45, 7) is 0. The Labute approximate surface area is 150 Å². The fourth-order valence-electron chi connectivity index (χ4n) is 2.60.